The van der Waals surface area contributed by atoms with Gasteiger partial charge in [0.2, 0.25) is 5.95 Å². The predicted molar refractivity (Wildman–Crippen MR) is 82.4 cm³/mol. The Morgan fingerprint density at radius 3 is 2.84 bits per heavy atom. The fraction of sp³-hybridized carbons (Fsp3) is 0.133. The lowest BCUT2D eigenvalue weighted by atomic mass is 10.1. The zero-order valence-corrected chi connectivity index (χ0v) is 11.9. The van der Waals surface area contributed by atoms with E-state index in [1.54, 1.807) is 0 Å². The van der Waals surface area contributed by atoms with Crippen molar-refractivity contribution in [3.63, 3.8) is 0 Å². The van der Waals surface area contributed by atoms with Crippen LogP contribution in [0.2, 0.25) is 0 Å². The van der Waals surface area contributed by atoms with E-state index in [-0.39, 0.29) is 0 Å². The van der Waals surface area contributed by atoms with Crippen molar-refractivity contribution < 1.29 is 0 Å². The lowest BCUT2D eigenvalue weighted by molar-refractivity contribution is 0.999. The summed E-state index contributed by atoms with van der Waals surface area (Å²) in [7, 11) is 0. The molecule has 2 aromatic carbocycles. The van der Waals surface area contributed by atoms with E-state index in [4.69, 9.17) is 0 Å². The van der Waals surface area contributed by atoms with Gasteiger partial charge in [0.25, 0.3) is 0 Å². The average molecular weight is 316 g/mol. The van der Waals surface area contributed by atoms with E-state index in [0.29, 0.717) is 0 Å². The summed E-state index contributed by atoms with van der Waals surface area (Å²) in [5, 5.41) is 3.32. The summed E-state index contributed by atoms with van der Waals surface area (Å²) in [5.74, 6) is 0.830. The van der Waals surface area contributed by atoms with Crippen molar-refractivity contribution in [2.75, 3.05) is 11.9 Å². The lowest BCUT2D eigenvalue weighted by Crippen LogP contribution is -2.05. The number of aromatic amines is 1. The summed E-state index contributed by atoms with van der Waals surface area (Å²) in [6, 6.07) is 16.4. The molecule has 0 aliphatic rings. The smallest absolute Gasteiger partial charge is 0.201 e. The number of hydrogen-bond donors (Lipinski definition) is 2. The molecule has 4 heteroatoms. The van der Waals surface area contributed by atoms with Gasteiger partial charge in [-0.15, -0.1) is 0 Å². The Hall–Kier alpha value is -1.81. The number of nitrogens with zero attached hydrogens (tertiary/aromatic N) is 1. The van der Waals surface area contributed by atoms with Crippen LogP contribution in [0.15, 0.2) is 53.0 Å². The van der Waals surface area contributed by atoms with E-state index in [1.165, 1.54) is 5.56 Å². The van der Waals surface area contributed by atoms with E-state index < -0.39 is 0 Å². The standard InChI is InChI=1S/C15H14BrN3/c16-12-5-3-4-11(10-12)8-9-17-15-18-13-6-1-2-7-14(13)19-15/h1-7,10H,8-9H2,(H2,17,18,19). The highest BCUT2D eigenvalue weighted by molar-refractivity contribution is 9.10. The number of hydrogen-bond acceptors (Lipinski definition) is 2. The minimum absolute atomic E-state index is 0.830. The van der Waals surface area contributed by atoms with Crippen LogP contribution in [0.3, 0.4) is 0 Å². The van der Waals surface area contributed by atoms with Crippen molar-refractivity contribution in [3.8, 4) is 0 Å². The Balaban J connectivity index is 1.63. The molecule has 0 aliphatic heterocycles. The van der Waals surface area contributed by atoms with Gasteiger partial charge in [-0.05, 0) is 36.2 Å². The van der Waals surface area contributed by atoms with Gasteiger partial charge in [0.15, 0.2) is 0 Å². The summed E-state index contributed by atoms with van der Waals surface area (Å²) >= 11 is 3.48. The number of anilines is 1. The Bertz CT molecular complexity index is 657. The number of rotatable bonds is 4. The molecular formula is C15H14BrN3. The van der Waals surface area contributed by atoms with Gasteiger partial charge in [-0.2, -0.15) is 0 Å². The Kier molecular flexibility index (Phi) is 3.51. The molecule has 0 aliphatic carbocycles. The third-order valence-corrected chi connectivity index (χ3v) is 3.48. The highest BCUT2D eigenvalue weighted by Crippen LogP contribution is 2.14. The summed E-state index contributed by atoms with van der Waals surface area (Å²) < 4.78 is 1.12. The molecule has 3 nitrogen and oxygen atoms in total. The molecule has 0 radical (unpaired) electrons. The van der Waals surface area contributed by atoms with Crippen molar-refractivity contribution in [3.05, 3.63) is 58.6 Å². The Labute approximate surface area is 120 Å². The number of fused-ring (bicyclic) bond motifs is 1. The molecule has 0 amide bonds. The second-order valence-electron chi connectivity index (χ2n) is 4.41. The highest BCUT2D eigenvalue weighted by atomic mass is 79.9. The minimum atomic E-state index is 0.830. The molecule has 0 unspecified atom stereocenters. The quantitative estimate of drug-likeness (QED) is 0.764. The number of para-hydroxylation sites is 2. The third-order valence-electron chi connectivity index (χ3n) is 2.98. The first-order chi connectivity index (χ1) is 9.31. The van der Waals surface area contributed by atoms with Crippen LogP contribution >= 0.6 is 15.9 Å². The number of H-pyrrole nitrogens is 1. The molecule has 0 saturated heterocycles. The zero-order chi connectivity index (χ0) is 13.1. The van der Waals surface area contributed by atoms with Crippen LogP contribution in [0.1, 0.15) is 5.56 Å². The summed E-state index contributed by atoms with van der Waals surface area (Å²) in [6.07, 6.45) is 0.969. The van der Waals surface area contributed by atoms with Crippen LogP contribution in [0.4, 0.5) is 5.95 Å². The fourth-order valence-corrected chi connectivity index (χ4v) is 2.50. The maximum absolute atomic E-state index is 4.49. The second-order valence-corrected chi connectivity index (χ2v) is 5.32. The summed E-state index contributed by atoms with van der Waals surface area (Å²) in [6.45, 7) is 0.857. The molecule has 0 bridgehead atoms. The van der Waals surface area contributed by atoms with E-state index in [1.807, 2.05) is 30.3 Å². The fourth-order valence-electron chi connectivity index (χ4n) is 2.05. The normalized spacial score (nSPS) is 10.8. The number of aromatic nitrogens is 2. The predicted octanol–water partition coefficient (Wildman–Crippen LogP) is 3.98. The molecule has 96 valence electrons. The van der Waals surface area contributed by atoms with Crippen molar-refractivity contribution in [1.29, 1.82) is 0 Å². The zero-order valence-electron chi connectivity index (χ0n) is 10.4. The van der Waals surface area contributed by atoms with E-state index >= 15 is 0 Å². The maximum Gasteiger partial charge on any atom is 0.201 e. The summed E-state index contributed by atoms with van der Waals surface area (Å²) in [4.78, 5) is 7.75. The number of benzene rings is 2. The summed E-state index contributed by atoms with van der Waals surface area (Å²) in [5.41, 5.74) is 3.36. The van der Waals surface area contributed by atoms with Crippen molar-refractivity contribution in [2.24, 2.45) is 0 Å². The second kappa shape index (κ2) is 5.45. The molecule has 0 saturated carbocycles. The Morgan fingerprint density at radius 2 is 2.00 bits per heavy atom. The molecule has 1 heterocycles. The van der Waals surface area contributed by atoms with Gasteiger partial charge < -0.3 is 10.3 Å². The molecule has 19 heavy (non-hydrogen) atoms. The first-order valence-electron chi connectivity index (χ1n) is 6.24. The first kappa shape index (κ1) is 12.2. The molecule has 0 atom stereocenters. The Morgan fingerprint density at radius 1 is 1.11 bits per heavy atom. The molecule has 0 fully saturated rings. The molecule has 0 spiro atoms. The SMILES string of the molecule is Brc1cccc(CCNc2nc3ccccc3[nH]2)c1. The number of nitrogens with one attached hydrogen (secondary N) is 2. The topological polar surface area (TPSA) is 40.7 Å². The van der Waals surface area contributed by atoms with Gasteiger partial charge in [-0.1, -0.05) is 40.2 Å². The number of imidazole rings is 1. The van der Waals surface area contributed by atoms with Crippen LogP contribution in [-0.4, -0.2) is 16.5 Å². The molecule has 2 N–H and O–H groups in total. The van der Waals surface area contributed by atoms with Crippen molar-refractivity contribution in [1.82, 2.24) is 9.97 Å². The molecule has 1 aromatic heterocycles. The lowest BCUT2D eigenvalue weighted by Gasteiger charge is -2.03. The van der Waals surface area contributed by atoms with Crippen LogP contribution in [0.25, 0.3) is 11.0 Å². The van der Waals surface area contributed by atoms with Crippen LogP contribution in [0, 0.1) is 0 Å². The maximum atomic E-state index is 4.49. The number of halogens is 1. The van der Waals surface area contributed by atoms with Crippen molar-refractivity contribution in [2.45, 2.75) is 6.42 Å². The first-order valence-corrected chi connectivity index (χ1v) is 7.04. The van der Waals surface area contributed by atoms with E-state index in [9.17, 15) is 0 Å². The van der Waals surface area contributed by atoms with Gasteiger partial charge in [-0.3, -0.25) is 0 Å². The van der Waals surface area contributed by atoms with Crippen LogP contribution in [0.5, 0.6) is 0 Å². The van der Waals surface area contributed by atoms with E-state index in [0.717, 1.165) is 34.4 Å². The highest BCUT2D eigenvalue weighted by Gasteiger charge is 2.01. The van der Waals surface area contributed by atoms with Crippen LogP contribution in [-0.2, 0) is 6.42 Å². The van der Waals surface area contributed by atoms with Crippen LogP contribution < -0.4 is 5.32 Å². The average Bonchev–Trinajstić information content (AvgIpc) is 2.81. The van der Waals surface area contributed by atoms with Gasteiger partial charge >= 0.3 is 0 Å². The molecular weight excluding hydrogens is 302 g/mol. The van der Waals surface area contributed by atoms with Gasteiger partial charge in [0, 0.05) is 11.0 Å². The van der Waals surface area contributed by atoms with Gasteiger partial charge in [0.1, 0.15) is 0 Å². The van der Waals surface area contributed by atoms with Gasteiger partial charge in [0.05, 0.1) is 11.0 Å². The van der Waals surface area contributed by atoms with E-state index in [2.05, 4.69) is 49.4 Å². The van der Waals surface area contributed by atoms with Crippen molar-refractivity contribution >= 4 is 32.9 Å². The van der Waals surface area contributed by atoms with Gasteiger partial charge in [-0.25, -0.2) is 4.98 Å². The molecule has 3 aromatic rings. The third kappa shape index (κ3) is 2.96. The minimum Gasteiger partial charge on any atom is -0.355 e. The largest absolute Gasteiger partial charge is 0.355 e. The monoisotopic (exact) mass is 315 g/mol. The molecule has 3 rings (SSSR count).